The lowest BCUT2D eigenvalue weighted by atomic mass is 10.1. The molecule has 0 aliphatic rings. The van der Waals surface area contributed by atoms with Crippen LogP contribution >= 0.6 is 0 Å². The van der Waals surface area contributed by atoms with Crippen molar-refractivity contribution in [3.8, 4) is 17.1 Å². The number of benzene rings is 2. The molecule has 1 amide bonds. The first-order chi connectivity index (χ1) is 17.4. The molecule has 0 spiro atoms. The van der Waals surface area contributed by atoms with Crippen molar-refractivity contribution in [2.45, 2.75) is 26.3 Å². The molecule has 36 heavy (non-hydrogen) atoms. The van der Waals surface area contributed by atoms with Gasteiger partial charge in [0.1, 0.15) is 29.5 Å². The Morgan fingerprint density at radius 2 is 1.83 bits per heavy atom. The van der Waals surface area contributed by atoms with Crippen LogP contribution in [0.2, 0.25) is 0 Å². The van der Waals surface area contributed by atoms with Crippen LogP contribution in [0.3, 0.4) is 0 Å². The number of hydrogen-bond donors (Lipinski definition) is 3. The Labute approximate surface area is 209 Å². The molecule has 4 rings (SSSR count). The number of carboxylic acid groups (broad SMARTS) is 1. The average Bonchev–Trinajstić information content (AvgIpc) is 3.31. The zero-order valence-electron chi connectivity index (χ0n) is 20.2. The van der Waals surface area contributed by atoms with Crippen molar-refractivity contribution in [3.63, 3.8) is 0 Å². The number of aromatic nitrogens is 1. The number of carbonyl (C=O) groups is 2. The highest BCUT2D eigenvalue weighted by Gasteiger charge is 2.16. The summed E-state index contributed by atoms with van der Waals surface area (Å²) in [6.45, 7) is 4.69. The van der Waals surface area contributed by atoms with Crippen LogP contribution in [0.5, 0.6) is 5.75 Å². The van der Waals surface area contributed by atoms with E-state index in [4.69, 9.17) is 14.3 Å². The number of pyridine rings is 1. The van der Waals surface area contributed by atoms with Crippen molar-refractivity contribution < 1.29 is 23.8 Å². The molecule has 1 atom stereocenters. The van der Waals surface area contributed by atoms with Gasteiger partial charge in [0.05, 0.1) is 18.0 Å². The summed E-state index contributed by atoms with van der Waals surface area (Å²) < 4.78 is 12.0. The van der Waals surface area contributed by atoms with Crippen LogP contribution in [0.15, 0.2) is 77.3 Å². The van der Waals surface area contributed by atoms with Gasteiger partial charge in [-0.15, -0.1) is 0 Å². The monoisotopic (exact) mass is 487 g/mol. The molecule has 0 bridgehead atoms. The summed E-state index contributed by atoms with van der Waals surface area (Å²) in [5.74, 6) is 1.14. The smallest absolute Gasteiger partial charge is 0.305 e. The van der Waals surface area contributed by atoms with Crippen LogP contribution in [0.25, 0.3) is 22.3 Å². The molecule has 2 aromatic heterocycles. The van der Waals surface area contributed by atoms with Crippen molar-refractivity contribution in [2.24, 2.45) is 5.92 Å². The molecule has 0 radical (unpaired) electrons. The van der Waals surface area contributed by atoms with E-state index in [0.29, 0.717) is 18.0 Å². The Morgan fingerprint density at radius 1 is 1.06 bits per heavy atom. The lowest BCUT2D eigenvalue weighted by Crippen LogP contribution is -2.32. The average molecular weight is 488 g/mol. The second-order valence-corrected chi connectivity index (χ2v) is 8.81. The first-order valence-electron chi connectivity index (χ1n) is 11.8. The number of nitrogens with one attached hydrogen (secondary N) is 2. The number of fused-ring (bicyclic) bond motifs is 1. The first kappa shape index (κ1) is 24.8. The number of anilines is 1. The predicted octanol–water partition coefficient (Wildman–Crippen LogP) is 5.21. The molecule has 8 nitrogen and oxygen atoms in total. The second-order valence-electron chi connectivity index (χ2n) is 8.81. The van der Waals surface area contributed by atoms with Gasteiger partial charge in [-0.1, -0.05) is 32.0 Å². The molecule has 2 aromatic carbocycles. The second kappa shape index (κ2) is 11.4. The largest absolute Gasteiger partial charge is 0.491 e. The van der Waals surface area contributed by atoms with Crippen molar-refractivity contribution in [3.05, 3.63) is 78.5 Å². The Balaban J connectivity index is 1.32. The molecule has 8 heteroatoms. The summed E-state index contributed by atoms with van der Waals surface area (Å²) in [6.07, 6.45) is 1.34. The van der Waals surface area contributed by atoms with Gasteiger partial charge in [0.25, 0.3) is 5.91 Å². The highest BCUT2D eigenvalue weighted by Crippen LogP contribution is 2.29. The van der Waals surface area contributed by atoms with E-state index in [2.05, 4.69) is 29.5 Å². The fourth-order valence-electron chi connectivity index (χ4n) is 3.61. The number of carboxylic acids is 1. The molecule has 4 aromatic rings. The number of aliphatic carboxylic acids is 1. The summed E-state index contributed by atoms with van der Waals surface area (Å²) in [5.41, 5.74) is 2.21. The minimum absolute atomic E-state index is 0.0113. The maximum absolute atomic E-state index is 12.1. The Bertz CT molecular complexity index is 1280. The molecule has 0 saturated carbocycles. The van der Waals surface area contributed by atoms with Crippen LogP contribution in [-0.2, 0) is 4.79 Å². The van der Waals surface area contributed by atoms with E-state index >= 15 is 0 Å². The van der Waals surface area contributed by atoms with Gasteiger partial charge >= 0.3 is 5.97 Å². The number of para-hydroxylation sites is 1. The lowest BCUT2D eigenvalue weighted by Gasteiger charge is -2.23. The van der Waals surface area contributed by atoms with Gasteiger partial charge in [0, 0.05) is 23.7 Å². The molecule has 0 fully saturated rings. The highest BCUT2D eigenvalue weighted by molar-refractivity contribution is 5.94. The number of nitrogens with zero attached hydrogens (tertiary/aromatic N) is 1. The minimum atomic E-state index is -0.961. The fraction of sp³-hybridized carbons (Fsp3) is 0.250. The summed E-state index contributed by atoms with van der Waals surface area (Å²) in [6, 6.07) is 21.1. The van der Waals surface area contributed by atoms with E-state index in [-0.39, 0.29) is 30.8 Å². The number of ether oxygens (including phenoxy) is 1. The standard InChI is InChI=1S/C28H29N3O5/c1-18(2)23(31-26-12-9-21(16-30-26)28(34)29-14-13-27(32)33)17-35-22-10-7-19(8-11-22)25-15-20-5-3-4-6-24(20)36-25/h3-12,15-16,18,23H,13-14,17H2,1-2H3,(H,29,34)(H,30,31)(H,32,33)/t23-/m1/s1. The van der Waals surface area contributed by atoms with Crippen LogP contribution in [0.4, 0.5) is 5.82 Å². The molecule has 2 heterocycles. The normalized spacial score (nSPS) is 11.9. The Morgan fingerprint density at radius 3 is 2.50 bits per heavy atom. The number of furan rings is 1. The summed E-state index contributed by atoms with van der Waals surface area (Å²) in [4.78, 5) is 27.0. The molecular weight excluding hydrogens is 458 g/mol. The molecule has 0 aliphatic heterocycles. The van der Waals surface area contributed by atoms with E-state index in [1.54, 1.807) is 12.1 Å². The van der Waals surface area contributed by atoms with E-state index in [9.17, 15) is 9.59 Å². The van der Waals surface area contributed by atoms with Gasteiger partial charge in [0.2, 0.25) is 0 Å². The van der Waals surface area contributed by atoms with Crippen LogP contribution in [0, 0.1) is 5.92 Å². The van der Waals surface area contributed by atoms with Gasteiger partial charge in [-0.05, 0) is 54.4 Å². The Hall–Kier alpha value is -4.33. The third kappa shape index (κ3) is 6.41. The van der Waals surface area contributed by atoms with Gasteiger partial charge in [0.15, 0.2) is 0 Å². The van der Waals surface area contributed by atoms with Crippen LogP contribution in [0.1, 0.15) is 30.6 Å². The molecule has 186 valence electrons. The molecule has 3 N–H and O–H groups in total. The van der Waals surface area contributed by atoms with Gasteiger partial charge in [-0.2, -0.15) is 0 Å². The van der Waals surface area contributed by atoms with Crippen molar-refractivity contribution >= 4 is 28.7 Å². The zero-order valence-corrected chi connectivity index (χ0v) is 20.2. The third-order valence-corrected chi connectivity index (χ3v) is 5.78. The lowest BCUT2D eigenvalue weighted by molar-refractivity contribution is -0.136. The van der Waals surface area contributed by atoms with E-state index < -0.39 is 5.97 Å². The molecule has 0 saturated heterocycles. The summed E-state index contributed by atoms with van der Waals surface area (Å²) in [5, 5.41) is 15.7. The summed E-state index contributed by atoms with van der Waals surface area (Å²) >= 11 is 0. The van der Waals surface area contributed by atoms with E-state index in [1.807, 2.05) is 54.6 Å². The van der Waals surface area contributed by atoms with Gasteiger partial charge in [-0.3, -0.25) is 9.59 Å². The minimum Gasteiger partial charge on any atom is -0.491 e. The number of rotatable bonds is 11. The molecular formula is C28H29N3O5. The number of amides is 1. The van der Waals surface area contributed by atoms with Gasteiger partial charge < -0.3 is 24.9 Å². The highest BCUT2D eigenvalue weighted by atomic mass is 16.5. The number of hydrogen-bond acceptors (Lipinski definition) is 6. The quantitative estimate of drug-likeness (QED) is 0.266. The maximum Gasteiger partial charge on any atom is 0.305 e. The predicted molar refractivity (Wildman–Crippen MR) is 138 cm³/mol. The van der Waals surface area contributed by atoms with Crippen molar-refractivity contribution in [1.82, 2.24) is 10.3 Å². The topological polar surface area (TPSA) is 114 Å². The summed E-state index contributed by atoms with van der Waals surface area (Å²) in [7, 11) is 0. The van der Waals surface area contributed by atoms with Crippen molar-refractivity contribution in [2.75, 3.05) is 18.5 Å². The van der Waals surface area contributed by atoms with E-state index in [0.717, 1.165) is 28.0 Å². The van der Waals surface area contributed by atoms with Crippen molar-refractivity contribution in [1.29, 1.82) is 0 Å². The van der Waals surface area contributed by atoms with Crippen LogP contribution in [-0.4, -0.2) is 41.2 Å². The first-order valence-corrected chi connectivity index (χ1v) is 11.8. The SMILES string of the molecule is CC(C)[C@@H](COc1ccc(-c2cc3ccccc3o2)cc1)Nc1ccc(C(=O)NCCC(=O)O)cn1. The van der Waals surface area contributed by atoms with Crippen LogP contribution < -0.4 is 15.4 Å². The molecule has 0 aliphatic carbocycles. The van der Waals surface area contributed by atoms with E-state index in [1.165, 1.54) is 6.20 Å². The van der Waals surface area contributed by atoms with Gasteiger partial charge in [-0.25, -0.2) is 4.98 Å². The third-order valence-electron chi connectivity index (χ3n) is 5.78. The fourth-order valence-corrected chi connectivity index (χ4v) is 3.61. The maximum atomic E-state index is 12.1. The zero-order chi connectivity index (χ0) is 25.5. The number of carbonyl (C=O) groups excluding carboxylic acids is 1. The molecule has 0 unspecified atom stereocenters. The Kier molecular flexibility index (Phi) is 7.85.